The molecule has 0 aliphatic carbocycles. The van der Waals surface area contributed by atoms with E-state index < -0.39 is 0 Å². The summed E-state index contributed by atoms with van der Waals surface area (Å²) in [5, 5.41) is 11.7. The second kappa shape index (κ2) is 9.98. The number of nitrogens with one attached hydrogen (secondary N) is 1. The molecule has 1 aromatic rings. The van der Waals surface area contributed by atoms with Crippen LogP contribution in [0.3, 0.4) is 0 Å². The van der Waals surface area contributed by atoms with E-state index in [9.17, 15) is 0 Å². The number of halogens is 1. The number of nitrogens with zero attached hydrogens (tertiary/aromatic N) is 4. The summed E-state index contributed by atoms with van der Waals surface area (Å²) in [7, 11) is 1.67. The number of aryl methyl sites for hydroxylation is 1. The zero-order valence-corrected chi connectivity index (χ0v) is 15.7. The summed E-state index contributed by atoms with van der Waals surface area (Å²) in [6, 6.07) is 0.156. The van der Waals surface area contributed by atoms with E-state index in [0.29, 0.717) is 19.1 Å². The Hall–Kier alpha value is -0.900. The highest BCUT2D eigenvalue weighted by atomic mass is 127. The van der Waals surface area contributed by atoms with Crippen molar-refractivity contribution in [1.29, 1.82) is 0 Å². The Morgan fingerprint density at radius 3 is 3.00 bits per heavy atom. The molecular weight excluding hydrogens is 395 g/mol. The SMILES string of the molecule is COCC(C)NC(N)=NCCc1nnc2n1CCCCC2.I. The molecule has 8 heteroatoms. The molecule has 0 saturated carbocycles. The van der Waals surface area contributed by atoms with Crippen molar-refractivity contribution in [1.82, 2.24) is 20.1 Å². The Labute approximate surface area is 149 Å². The quantitative estimate of drug-likeness (QED) is 0.407. The summed E-state index contributed by atoms with van der Waals surface area (Å²) in [5.74, 6) is 2.59. The van der Waals surface area contributed by atoms with Crippen LogP contribution in [0.4, 0.5) is 0 Å². The van der Waals surface area contributed by atoms with Crippen LogP contribution in [0.25, 0.3) is 0 Å². The Kier molecular flexibility index (Phi) is 8.69. The molecule has 0 spiro atoms. The monoisotopic (exact) mass is 422 g/mol. The average Bonchev–Trinajstić information content (AvgIpc) is 2.68. The van der Waals surface area contributed by atoms with E-state index in [1.807, 2.05) is 6.92 Å². The van der Waals surface area contributed by atoms with Crippen molar-refractivity contribution in [2.45, 2.75) is 51.6 Å². The summed E-state index contributed by atoms with van der Waals surface area (Å²) in [6.45, 7) is 4.26. The van der Waals surface area contributed by atoms with Crippen LogP contribution in [-0.2, 0) is 24.1 Å². The van der Waals surface area contributed by atoms with Crippen molar-refractivity contribution in [2.24, 2.45) is 10.7 Å². The second-order valence-corrected chi connectivity index (χ2v) is 5.51. The van der Waals surface area contributed by atoms with Crippen molar-refractivity contribution in [2.75, 3.05) is 20.3 Å². The molecule has 0 aromatic carbocycles. The van der Waals surface area contributed by atoms with Gasteiger partial charge in [-0.15, -0.1) is 34.2 Å². The first-order valence-corrected chi connectivity index (χ1v) is 7.67. The molecule has 0 fully saturated rings. The summed E-state index contributed by atoms with van der Waals surface area (Å²) in [4.78, 5) is 4.34. The van der Waals surface area contributed by atoms with Crippen molar-refractivity contribution in [3.05, 3.63) is 11.6 Å². The molecule has 7 nitrogen and oxygen atoms in total. The standard InChI is InChI=1S/C14H26N6O.HI/c1-11(10-21-2)17-14(15)16-8-7-13-19-18-12-6-4-3-5-9-20(12)13;/h11H,3-10H2,1-2H3,(H3,15,16,17);1H. The van der Waals surface area contributed by atoms with Crippen LogP contribution in [0.1, 0.15) is 37.8 Å². The van der Waals surface area contributed by atoms with Crippen molar-refractivity contribution >= 4 is 29.9 Å². The number of methoxy groups -OCH3 is 1. The molecule has 126 valence electrons. The maximum Gasteiger partial charge on any atom is 0.188 e. The highest BCUT2D eigenvalue weighted by Gasteiger charge is 2.14. The first kappa shape index (κ1) is 19.1. The molecule has 0 radical (unpaired) electrons. The lowest BCUT2D eigenvalue weighted by molar-refractivity contribution is 0.179. The normalized spacial score (nSPS) is 16.4. The van der Waals surface area contributed by atoms with Crippen molar-refractivity contribution < 1.29 is 4.74 Å². The number of hydrogen-bond donors (Lipinski definition) is 2. The molecule has 2 heterocycles. The van der Waals surface area contributed by atoms with Gasteiger partial charge in [0.25, 0.3) is 0 Å². The third-order valence-corrected chi connectivity index (χ3v) is 3.61. The van der Waals surface area contributed by atoms with Crippen molar-refractivity contribution in [3.63, 3.8) is 0 Å². The molecule has 2 rings (SSSR count). The maximum atomic E-state index is 5.85. The molecule has 1 aliphatic rings. The van der Waals surface area contributed by atoms with E-state index in [1.54, 1.807) is 7.11 Å². The predicted octanol–water partition coefficient (Wildman–Crippen LogP) is 1.10. The number of hydrogen-bond acceptors (Lipinski definition) is 4. The van der Waals surface area contributed by atoms with Gasteiger partial charge in [-0.1, -0.05) is 6.42 Å². The third kappa shape index (κ3) is 5.71. The largest absolute Gasteiger partial charge is 0.383 e. The zero-order chi connectivity index (χ0) is 15.1. The lowest BCUT2D eigenvalue weighted by Crippen LogP contribution is -2.40. The van der Waals surface area contributed by atoms with Gasteiger partial charge in [0.1, 0.15) is 11.6 Å². The lowest BCUT2D eigenvalue weighted by atomic mass is 10.2. The Morgan fingerprint density at radius 2 is 2.23 bits per heavy atom. The van der Waals surface area contributed by atoms with Crippen LogP contribution in [0.5, 0.6) is 0 Å². The highest BCUT2D eigenvalue weighted by molar-refractivity contribution is 14.0. The smallest absolute Gasteiger partial charge is 0.188 e. The van der Waals surface area contributed by atoms with Gasteiger partial charge in [0.2, 0.25) is 0 Å². The minimum absolute atomic E-state index is 0. The highest BCUT2D eigenvalue weighted by Crippen LogP contribution is 2.14. The number of fused-ring (bicyclic) bond motifs is 1. The zero-order valence-electron chi connectivity index (χ0n) is 13.4. The topological polar surface area (TPSA) is 90.3 Å². The van der Waals surface area contributed by atoms with Crippen LogP contribution in [0.15, 0.2) is 4.99 Å². The van der Waals surface area contributed by atoms with E-state index in [0.717, 1.165) is 31.0 Å². The lowest BCUT2D eigenvalue weighted by Gasteiger charge is -2.13. The van der Waals surface area contributed by atoms with Crippen LogP contribution in [0.2, 0.25) is 0 Å². The molecule has 3 N–H and O–H groups in total. The van der Waals surface area contributed by atoms with Crippen LogP contribution in [0, 0.1) is 0 Å². The fourth-order valence-electron chi connectivity index (χ4n) is 2.60. The molecule has 1 aromatic heterocycles. The molecule has 0 saturated heterocycles. The van der Waals surface area contributed by atoms with E-state index in [1.165, 1.54) is 19.3 Å². The van der Waals surface area contributed by atoms with Gasteiger partial charge in [-0.2, -0.15) is 0 Å². The Balaban J connectivity index is 0.00000242. The van der Waals surface area contributed by atoms with E-state index >= 15 is 0 Å². The summed E-state index contributed by atoms with van der Waals surface area (Å²) in [6.07, 6.45) is 5.50. The number of aromatic nitrogens is 3. The third-order valence-electron chi connectivity index (χ3n) is 3.61. The number of aliphatic imine (C=N–C) groups is 1. The van der Waals surface area contributed by atoms with Gasteiger partial charge in [0.05, 0.1) is 6.61 Å². The number of guanidine groups is 1. The maximum absolute atomic E-state index is 5.85. The molecular formula is C14H27IN6O. The van der Waals surface area contributed by atoms with Gasteiger partial charge >= 0.3 is 0 Å². The van der Waals surface area contributed by atoms with E-state index in [-0.39, 0.29) is 30.0 Å². The predicted molar refractivity (Wildman–Crippen MR) is 97.7 cm³/mol. The Morgan fingerprint density at radius 1 is 1.41 bits per heavy atom. The van der Waals surface area contributed by atoms with Gasteiger partial charge in [0.15, 0.2) is 5.96 Å². The summed E-state index contributed by atoms with van der Waals surface area (Å²) < 4.78 is 7.30. The minimum Gasteiger partial charge on any atom is -0.383 e. The molecule has 1 aliphatic heterocycles. The first-order chi connectivity index (χ1) is 10.2. The first-order valence-electron chi connectivity index (χ1n) is 7.67. The number of nitrogens with two attached hydrogens (primary N) is 1. The number of rotatable bonds is 6. The van der Waals surface area contributed by atoms with Gasteiger partial charge in [-0.3, -0.25) is 4.99 Å². The minimum atomic E-state index is 0. The number of ether oxygens (including phenoxy) is 1. The fraction of sp³-hybridized carbons (Fsp3) is 0.786. The second-order valence-electron chi connectivity index (χ2n) is 5.51. The van der Waals surface area contributed by atoms with Crippen LogP contribution >= 0.6 is 24.0 Å². The molecule has 1 unspecified atom stereocenters. The molecule has 0 amide bonds. The van der Waals surface area contributed by atoms with Gasteiger partial charge in [-0.25, -0.2) is 0 Å². The molecule has 1 atom stereocenters. The van der Waals surface area contributed by atoms with Gasteiger partial charge in [0, 0.05) is 39.1 Å². The van der Waals surface area contributed by atoms with Crippen LogP contribution < -0.4 is 11.1 Å². The molecule has 0 bridgehead atoms. The van der Waals surface area contributed by atoms with Gasteiger partial charge < -0.3 is 20.4 Å². The summed E-state index contributed by atoms with van der Waals surface area (Å²) in [5.41, 5.74) is 5.85. The van der Waals surface area contributed by atoms with Crippen molar-refractivity contribution in [3.8, 4) is 0 Å². The average molecular weight is 422 g/mol. The molecule has 22 heavy (non-hydrogen) atoms. The summed E-state index contributed by atoms with van der Waals surface area (Å²) >= 11 is 0. The van der Waals surface area contributed by atoms with E-state index in [2.05, 4.69) is 25.1 Å². The van der Waals surface area contributed by atoms with Crippen LogP contribution in [-0.4, -0.2) is 47.0 Å². The van der Waals surface area contributed by atoms with E-state index in [4.69, 9.17) is 10.5 Å². The Bertz CT molecular complexity index is 476. The fourth-order valence-corrected chi connectivity index (χ4v) is 2.60. The van der Waals surface area contributed by atoms with Gasteiger partial charge in [-0.05, 0) is 19.8 Å².